The largest absolute Gasteiger partial charge is 0.491 e. The minimum absolute atomic E-state index is 0.168. The number of carbonyl (C=O) groups excluding carboxylic acids is 2. The number of fused-ring (bicyclic) bond motifs is 5. The highest BCUT2D eigenvalue weighted by atomic mass is 35.5. The third-order valence-corrected chi connectivity index (χ3v) is 10.3. The van der Waals surface area contributed by atoms with Crippen molar-refractivity contribution in [2.24, 2.45) is 0 Å². The molecule has 5 atom stereocenters. The lowest BCUT2D eigenvalue weighted by molar-refractivity contribution is -0.166. The van der Waals surface area contributed by atoms with Gasteiger partial charge in [-0.1, -0.05) is 22.4 Å². The Hall–Kier alpha value is -1.53. The zero-order chi connectivity index (χ0) is 21.1. The van der Waals surface area contributed by atoms with Gasteiger partial charge in [0.1, 0.15) is 12.3 Å². The van der Waals surface area contributed by atoms with Gasteiger partial charge in [0.05, 0.1) is 24.9 Å². The van der Waals surface area contributed by atoms with E-state index in [-0.39, 0.29) is 28.0 Å². The Morgan fingerprint density at radius 3 is 2.48 bits per heavy atom. The number of carbonyl (C=O) groups is 2. The number of methoxy groups -OCH3 is 2. The SMILES string of the molecule is COc1c(Cl)cc2c(c1OC)N[C@@H]1N3C(=O)[C@]4(C)SS[C@@]3(C(=O)N4C)[C@H](O)[C@]21O. The zero-order valence-electron chi connectivity index (χ0n) is 15.8. The number of halogens is 1. The van der Waals surface area contributed by atoms with Crippen LogP contribution in [0.3, 0.4) is 0 Å². The van der Waals surface area contributed by atoms with Crippen LogP contribution in [-0.4, -0.2) is 75.1 Å². The molecule has 4 saturated heterocycles. The predicted octanol–water partition coefficient (Wildman–Crippen LogP) is 0.779. The molecule has 1 aromatic carbocycles. The molecule has 0 aliphatic carbocycles. The number of hydrogen-bond donors (Lipinski definition) is 3. The molecule has 1 aromatic rings. The van der Waals surface area contributed by atoms with Crippen molar-refractivity contribution in [3.05, 3.63) is 16.7 Å². The number of aliphatic hydroxyl groups excluding tert-OH is 1. The number of ether oxygens (including phenoxy) is 2. The first-order chi connectivity index (χ1) is 13.6. The molecule has 2 bridgehead atoms. The van der Waals surface area contributed by atoms with Gasteiger partial charge < -0.3 is 29.9 Å². The average Bonchev–Trinajstić information content (AvgIpc) is 3.08. The number of nitrogens with one attached hydrogen (secondary N) is 1. The number of rotatable bonds is 2. The molecule has 29 heavy (non-hydrogen) atoms. The van der Waals surface area contributed by atoms with Crippen LogP contribution in [0.4, 0.5) is 5.69 Å². The zero-order valence-corrected chi connectivity index (χ0v) is 18.2. The van der Waals surface area contributed by atoms with Gasteiger partial charge >= 0.3 is 0 Å². The van der Waals surface area contributed by atoms with Gasteiger partial charge in [-0.3, -0.25) is 14.5 Å². The lowest BCUT2D eigenvalue weighted by atomic mass is 9.87. The summed E-state index contributed by atoms with van der Waals surface area (Å²) in [6, 6.07) is 1.47. The van der Waals surface area contributed by atoms with E-state index in [1.54, 1.807) is 6.92 Å². The van der Waals surface area contributed by atoms with E-state index in [1.807, 2.05) is 0 Å². The fraction of sp³-hybridized carbons (Fsp3) is 0.529. The summed E-state index contributed by atoms with van der Waals surface area (Å²) in [5.74, 6) is -0.313. The first-order valence-electron chi connectivity index (χ1n) is 8.71. The molecule has 5 aliphatic rings. The number of anilines is 1. The lowest BCUT2D eigenvalue weighted by Crippen LogP contribution is -2.77. The number of hydrogen-bond acceptors (Lipinski definition) is 9. The average molecular weight is 460 g/mol. The van der Waals surface area contributed by atoms with Gasteiger partial charge in [-0.2, -0.15) is 0 Å². The van der Waals surface area contributed by atoms with Gasteiger partial charge in [-0.25, -0.2) is 0 Å². The van der Waals surface area contributed by atoms with Crippen molar-refractivity contribution >= 4 is 50.7 Å². The third kappa shape index (κ3) is 1.81. The highest BCUT2D eigenvalue weighted by molar-refractivity contribution is 8.78. The van der Waals surface area contributed by atoms with E-state index in [2.05, 4.69) is 5.32 Å². The predicted molar refractivity (Wildman–Crippen MR) is 108 cm³/mol. The lowest BCUT2D eigenvalue weighted by Gasteiger charge is -2.57. The fourth-order valence-corrected chi connectivity index (χ4v) is 8.49. The van der Waals surface area contributed by atoms with E-state index >= 15 is 0 Å². The number of nitrogens with zero attached hydrogens (tertiary/aromatic N) is 2. The van der Waals surface area contributed by atoms with Crippen molar-refractivity contribution in [2.75, 3.05) is 26.6 Å². The fourth-order valence-electron chi connectivity index (χ4n) is 4.67. The minimum Gasteiger partial charge on any atom is -0.491 e. The Bertz CT molecular complexity index is 996. The Morgan fingerprint density at radius 2 is 1.86 bits per heavy atom. The van der Waals surface area contributed by atoms with E-state index < -0.39 is 33.5 Å². The van der Waals surface area contributed by atoms with E-state index in [0.29, 0.717) is 5.69 Å². The van der Waals surface area contributed by atoms with E-state index in [9.17, 15) is 19.8 Å². The standard InChI is InChI=1S/C17H18ClN3O6S2/c1-15-13(23)21-12-16(25,11(22)17(21,29-28-15)14(24)20(15)2)6-5-7(18)9(26-3)10(27-4)8(6)19-12/h5,11-12,19,22,25H,1-4H3/t11-,12-,15+,16-,17-/m1/s1. The monoisotopic (exact) mass is 459 g/mol. The van der Waals surface area contributed by atoms with Crippen molar-refractivity contribution < 1.29 is 29.3 Å². The molecule has 0 unspecified atom stereocenters. The highest BCUT2D eigenvalue weighted by Crippen LogP contribution is 2.68. The minimum atomic E-state index is -1.98. The number of amides is 2. The number of benzene rings is 1. The maximum absolute atomic E-state index is 13.4. The van der Waals surface area contributed by atoms with E-state index in [4.69, 9.17) is 21.1 Å². The Morgan fingerprint density at radius 1 is 1.21 bits per heavy atom. The molecule has 1 spiro atoms. The molecule has 0 saturated carbocycles. The van der Waals surface area contributed by atoms with Crippen molar-refractivity contribution in [1.82, 2.24) is 9.80 Å². The summed E-state index contributed by atoms with van der Waals surface area (Å²) in [6.07, 6.45) is -2.69. The normalized spacial score (nSPS) is 39.3. The van der Waals surface area contributed by atoms with Crippen LogP contribution in [0.2, 0.25) is 5.02 Å². The molecule has 9 nitrogen and oxygen atoms in total. The molecular weight excluding hydrogens is 442 g/mol. The molecule has 5 heterocycles. The molecule has 3 N–H and O–H groups in total. The first-order valence-corrected chi connectivity index (χ1v) is 11.2. The second-order valence-electron chi connectivity index (χ2n) is 7.51. The first kappa shape index (κ1) is 19.4. The molecule has 6 rings (SSSR count). The molecule has 0 aromatic heterocycles. The summed E-state index contributed by atoms with van der Waals surface area (Å²) in [4.78, 5) is 26.5. The van der Waals surface area contributed by atoms with Crippen LogP contribution >= 0.6 is 33.2 Å². The van der Waals surface area contributed by atoms with Crippen molar-refractivity contribution in [1.29, 1.82) is 0 Å². The molecule has 4 fully saturated rings. The smallest absolute Gasteiger partial charge is 0.264 e. The molecule has 156 valence electrons. The van der Waals surface area contributed by atoms with E-state index in [1.165, 1.54) is 47.9 Å². The Labute approximate surface area is 179 Å². The summed E-state index contributed by atoms with van der Waals surface area (Å²) in [7, 11) is 6.68. The maximum atomic E-state index is 13.4. The van der Waals surface area contributed by atoms with Crippen molar-refractivity contribution in [3.8, 4) is 11.5 Å². The maximum Gasteiger partial charge on any atom is 0.264 e. The van der Waals surface area contributed by atoms with Crippen LogP contribution in [0.15, 0.2) is 6.07 Å². The Kier molecular flexibility index (Phi) is 3.74. The van der Waals surface area contributed by atoms with Crippen LogP contribution in [-0.2, 0) is 15.2 Å². The summed E-state index contributed by atoms with van der Waals surface area (Å²) in [5, 5.41) is 26.4. The van der Waals surface area contributed by atoms with Crippen LogP contribution in [0.1, 0.15) is 12.5 Å². The topological polar surface area (TPSA) is 112 Å². The van der Waals surface area contributed by atoms with Gasteiger partial charge in [0.15, 0.2) is 22.0 Å². The summed E-state index contributed by atoms with van der Waals surface area (Å²) in [5.41, 5.74) is -1.38. The highest BCUT2D eigenvalue weighted by Gasteiger charge is 2.81. The van der Waals surface area contributed by atoms with Gasteiger partial charge in [0.25, 0.3) is 11.8 Å². The van der Waals surface area contributed by atoms with Crippen LogP contribution in [0, 0.1) is 0 Å². The number of likely N-dealkylation sites (N-methyl/N-ethyl adjacent to an activating group) is 1. The quantitative estimate of drug-likeness (QED) is 0.552. The number of aliphatic hydroxyl groups is 2. The molecular formula is C17H18ClN3O6S2. The van der Waals surface area contributed by atoms with Gasteiger partial charge in [0.2, 0.25) is 4.87 Å². The van der Waals surface area contributed by atoms with Gasteiger partial charge in [-0.15, -0.1) is 0 Å². The Balaban J connectivity index is 1.76. The van der Waals surface area contributed by atoms with E-state index in [0.717, 1.165) is 10.8 Å². The van der Waals surface area contributed by atoms with Crippen LogP contribution < -0.4 is 14.8 Å². The summed E-state index contributed by atoms with van der Waals surface area (Å²) >= 11 is 6.33. The van der Waals surface area contributed by atoms with Crippen LogP contribution in [0.25, 0.3) is 0 Å². The van der Waals surface area contributed by atoms with Crippen LogP contribution in [0.5, 0.6) is 11.5 Å². The summed E-state index contributed by atoms with van der Waals surface area (Å²) < 4.78 is 10.7. The summed E-state index contributed by atoms with van der Waals surface area (Å²) in [6.45, 7) is 1.65. The molecule has 2 amide bonds. The van der Waals surface area contributed by atoms with Crippen molar-refractivity contribution in [2.45, 2.75) is 34.5 Å². The molecule has 12 heteroatoms. The molecule has 5 aliphatic heterocycles. The third-order valence-electron chi connectivity index (χ3n) is 6.33. The van der Waals surface area contributed by atoms with Gasteiger partial charge in [-0.05, 0) is 23.8 Å². The second kappa shape index (κ2) is 5.58. The number of piperazine rings is 1. The van der Waals surface area contributed by atoms with Crippen molar-refractivity contribution in [3.63, 3.8) is 0 Å². The van der Waals surface area contributed by atoms with Gasteiger partial charge in [0, 0.05) is 12.6 Å². The molecule has 0 radical (unpaired) electrons. The second-order valence-corrected chi connectivity index (χ2v) is 10.7.